The zero-order valence-electron chi connectivity index (χ0n) is 7.28. The van der Waals surface area contributed by atoms with Crippen molar-refractivity contribution in [3.05, 3.63) is 24.0 Å². The molecular formula is C8H12N4. The van der Waals surface area contributed by atoms with Gasteiger partial charge in [0, 0.05) is 5.70 Å². The third kappa shape index (κ3) is 1.37. The minimum Gasteiger partial charge on any atom is -0.382 e. The van der Waals surface area contributed by atoms with Crippen molar-refractivity contribution in [2.24, 2.45) is 15.8 Å². The summed E-state index contributed by atoms with van der Waals surface area (Å²) in [4.78, 5) is 3.81. The summed E-state index contributed by atoms with van der Waals surface area (Å²) in [7, 11) is 0. The fourth-order valence-electron chi connectivity index (χ4n) is 0.819. The zero-order chi connectivity index (χ0) is 9.14. The highest BCUT2D eigenvalue weighted by Gasteiger charge is 2.13. The molecule has 0 amide bonds. The summed E-state index contributed by atoms with van der Waals surface area (Å²) in [5, 5.41) is 5.66. The molecule has 0 saturated carbocycles. The van der Waals surface area contributed by atoms with Crippen LogP contribution in [0.4, 0.5) is 0 Å². The van der Waals surface area contributed by atoms with Crippen molar-refractivity contribution in [2.75, 3.05) is 0 Å². The number of allylic oxidation sites excluding steroid dienone is 2. The maximum Gasteiger partial charge on any atom is 0.150 e. The normalized spacial score (nSPS) is 18.2. The van der Waals surface area contributed by atoms with Crippen LogP contribution >= 0.6 is 0 Å². The largest absolute Gasteiger partial charge is 0.382 e. The molecule has 64 valence electrons. The van der Waals surface area contributed by atoms with Crippen LogP contribution in [0.25, 0.3) is 0 Å². The first-order chi connectivity index (χ1) is 5.66. The van der Waals surface area contributed by atoms with Gasteiger partial charge in [0.25, 0.3) is 0 Å². The van der Waals surface area contributed by atoms with Crippen molar-refractivity contribution in [3.63, 3.8) is 0 Å². The molecule has 0 saturated heterocycles. The van der Waals surface area contributed by atoms with Gasteiger partial charge in [0.1, 0.15) is 6.34 Å². The van der Waals surface area contributed by atoms with Crippen LogP contribution in [0.3, 0.4) is 0 Å². The lowest BCUT2D eigenvalue weighted by Gasteiger charge is -2.22. The second-order valence-electron chi connectivity index (χ2n) is 2.43. The van der Waals surface area contributed by atoms with E-state index in [2.05, 4.69) is 16.7 Å². The Morgan fingerprint density at radius 3 is 3.00 bits per heavy atom. The summed E-state index contributed by atoms with van der Waals surface area (Å²) in [5.74, 6) is 0.409. The van der Waals surface area contributed by atoms with Gasteiger partial charge in [-0.3, -0.25) is 0 Å². The molecule has 0 aliphatic carbocycles. The van der Waals surface area contributed by atoms with Crippen LogP contribution in [0.2, 0.25) is 0 Å². The van der Waals surface area contributed by atoms with E-state index in [0.717, 1.165) is 5.70 Å². The summed E-state index contributed by atoms with van der Waals surface area (Å²) in [6, 6.07) is 0. The Bertz CT molecular complexity index is 285. The lowest BCUT2D eigenvalue weighted by atomic mass is 10.3. The second kappa shape index (κ2) is 3.21. The molecule has 12 heavy (non-hydrogen) atoms. The molecule has 4 heteroatoms. The molecule has 1 aliphatic rings. The Hall–Kier alpha value is -1.58. The van der Waals surface area contributed by atoms with E-state index in [4.69, 9.17) is 5.73 Å². The van der Waals surface area contributed by atoms with Gasteiger partial charge in [0.2, 0.25) is 0 Å². The minimum atomic E-state index is 0.409. The van der Waals surface area contributed by atoms with Crippen LogP contribution in [0, 0.1) is 0 Å². The van der Waals surface area contributed by atoms with E-state index in [0.29, 0.717) is 11.5 Å². The number of nitrogens with zero attached hydrogens (tertiary/aromatic N) is 3. The number of hydrogen-bond donors (Lipinski definition) is 1. The summed E-state index contributed by atoms with van der Waals surface area (Å²) >= 11 is 0. The number of nitrogens with two attached hydrogens (primary N) is 1. The monoisotopic (exact) mass is 164 g/mol. The van der Waals surface area contributed by atoms with E-state index in [1.165, 1.54) is 6.34 Å². The Morgan fingerprint density at radius 1 is 1.75 bits per heavy atom. The predicted molar refractivity (Wildman–Crippen MR) is 50.5 cm³/mol. The van der Waals surface area contributed by atoms with Crippen LogP contribution in [0.1, 0.15) is 13.8 Å². The average molecular weight is 164 g/mol. The topological polar surface area (TPSA) is 54.0 Å². The summed E-state index contributed by atoms with van der Waals surface area (Å²) in [5.41, 5.74) is 7.15. The number of amidine groups is 1. The highest BCUT2D eigenvalue weighted by atomic mass is 15.5. The molecule has 0 fully saturated rings. The van der Waals surface area contributed by atoms with Crippen molar-refractivity contribution in [1.82, 2.24) is 5.01 Å². The minimum absolute atomic E-state index is 0.409. The average Bonchev–Trinajstić information content (AvgIpc) is 2.08. The fourth-order valence-corrected chi connectivity index (χ4v) is 0.819. The van der Waals surface area contributed by atoms with Crippen LogP contribution in [-0.2, 0) is 0 Å². The van der Waals surface area contributed by atoms with Crippen molar-refractivity contribution in [3.8, 4) is 0 Å². The molecule has 1 heterocycles. The zero-order valence-corrected chi connectivity index (χ0v) is 7.28. The van der Waals surface area contributed by atoms with Crippen LogP contribution in [0.15, 0.2) is 34.1 Å². The number of rotatable bonds is 1. The maximum absolute atomic E-state index is 5.55. The van der Waals surface area contributed by atoms with E-state index in [-0.39, 0.29) is 0 Å². The van der Waals surface area contributed by atoms with E-state index in [1.807, 2.05) is 19.9 Å². The number of hydrazone groups is 1. The number of hydrogen-bond acceptors (Lipinski definition) is 4. The van der Waals surface area contributed by atoms with Crippen molar-refractivity contribution in [2.45, 2.75) is 13.8 Å². The number of aliphatic imine (C=N–C) groups is 1. The Balaban J connectivity index is 2.91. The van der Waals surface area contributed by atoms with Gasteiger partial charge in [-0.2, -0.15) is 5.10 Å². The Labute approximate surface area is 71.8 Å². The van der Waals surface area contributed by atoms with Gasteiger partial charge in [-0.25, -0.2) is 10.0 Å². The van der Waals surface area contributed by atoms with E-state index < -0.39 is 0 Å². The quantitative estimate of drug-likeness (QED) is 0.629. The summed E-state index contributed by atoms with van der Waals surface area (Å²) in [6.45, 7) is 7.62. The summed E-state index contributed by atoms with van der Waals surface area (Å²) < 4.78 is 0. The molecule has 2 N–H and O–H groups in total. The van der Waals surface area contributed by atoms with Crippen molar-refractivity contribution in [1.29, 1.82) is 0 Å². The molecule has 1 rings (SSSR count). The first-order valence-electron chi connectivity index (χ1n) is 3.65. The van der Waals surface area contributed by atoms with E-state index in [1.54, 1.807) is 5.01 Å². The smallest absolute Gasteiger partial charge is 0.150 e. The SMILES string of the molecule is C=C1C(N)=NC=NN1/C(C)=C\C. The molecule has 0 unspecified atom stereocenters. The van der Waals surface area contributed by atoms with Gasteiger partial charge in [0.15, 0.2) is 5.84 Å². The standard InChI is InChI=1S/C8H12N4/c1-4-6(2)12-7(3)8(9)10-5-11-12/h4-5H,3H2,1-2H3,(H2,9,10,11)/b6-4-. The van der Waals surface area contributed by atoms with Gasteiger partial charge < -0.3 is 5.73 Å². The highest BCUT2D eigenvalue weighted by Crippen LogP contribution is 2.13. The van der Waals surface area contributed by atoms with Crippen molar-refractivity contribution < 1.29 is 0 Å². The first kappa shape index (κ1) is 8.52. The molecule has 0 radical (unpaired) electrons. The third-order valence-corrected chi connectivity index (χ3v) is 1.67. The van der Waals surface area contributed by atoms with Crippen LogP contribution in [0.5, 0.6) is 0 Å². The molecule has 0 spiro atoms. The Morgan fingerprint density at radius 2 is 2.42 bits per heavy atom. The van der Waals surface area contributed by atoms with Gasteiger partial charge in [-0.05, 0) is 13.8 Å². The van der Waals surface area contributed by atoms with Crippen LogP contribution < -0.4 is 5.73 Å². The van der Waals surface area contributed by atoms with Crippen LogP contribution in [-0.4, -0.2) is 17.2 Å². The molecule has 4 nitrogen and oxygen atoms in total. The molecule has 0 bridgehead atoms. The van der Waals surface area contributed by atoms with E-state index in [9.17, 15) is 0 Å². The Kier molecular flexibility index (Phi) is 2.28. The predicted octanol–water partition coefficient (Wildman–Crippen LogP) is 1.04. The van der Waals surface area contributed by atoms with E-state index >= 15 is 0 Å². The van der Waals surface area contributed by atoms with Crippen molar-refractivity contribution >= 4 is 12.2 Å². The second-order valence-corrected chi connectivity index (χ2v) is 2.43. The molecule has 0 aromatic heterocycles. The maximum atomic E-state index is 5.55. The molecule has 0 aromatic rings. The highest BCUT2D eigenvalue weighted by molar-refractivity contribution is 6.01. The molecule has 0 aromatic carbocycles. The van der Waals surface area contributed by atoms with Gasteiger partial charge in [-0.15, -0.1) is 0 Å². The van der Waals surface area contributed by atoms with Gasteiger partial charge >= 0.3 is 0 Å². The van der Waals surface area contributed by atoms with Gasteiger partial charge in [-0.1, -0.05) is 12.7 Å². The fraction of sp³-hybridized carbons (Fsp3) is 0.250. The lowest BCUT2D eigenvalue weighted by molar-refractivity contribution is 0.476. The lowest BCUT2D eigenvalue weighted by Crippen LogP contribution is -2.29. The first-order valence-corrected chi connectivity index (χ1v) is 3.65. The molecule has 1 aliphatic heterocycles. The van der Waals surface area contributed by atoms with Gasteiger partial charge in [0.05, 0.1) is 5.70 Å². The molecular weight excluding hydrogens is 152 g/mol. The molecule has 0 atom stereocenters. The summed E-state index contributed by atoms with van der Waals surface area (Å²) in [6.07, 6.45) is 3.35. The third-order valence-electron chi connectivity index (χ3n) is 1.67.